The number of alkyl halides is 12. The van der Waals surface area contributed by atoms with Crippen molar-refractivity contribution in [3.63, 3.8) is 0 Å². The van der Waals surface area contributed by atoms with Gasteiger partial charge >= 0.3 is 30.8 Å². The number of carbonyl (C=O) groups excluding carboxylic acids is 1. The standard InChI is InChI=1S/C35H25F13N2O3/c1-16(2)23-13-24(26(52-3)14-25(23)36)22-9-8-21(33(40,41)42)10-19(22)15-50-29(17-4-6-20(7-5-17)32(37,38)39)30(53-31(50)51)18-11-27(34(43,44)45)49-28(12-18)35(46,47)48/h4-14,16,29-30H,15H2,1-3H3/t29-,30+/m0/s1. The van der Waals surface area contributed by atoms with Crippen LogP contribution in [-0.2, 0) is 36.0 Å². The highest BCUT2D eigenvalue weighted by molar-refractivity contribution is 5.77. The topological polar surface area (TPSA) is 51.7 Å². The predicted octanol–water partition coefficient (Wildman–Crippen LogP) is 11.5. The van der Waals surface area contributed by atoms with Crippen molar-refractivity contribution in [3.8, 4) is 16.9 Å². The van der Waals surface area contributed by atoms with E-state index in [1.54, 1.807) is 13.8 Å². The molecule has 53 heavy (non-hydrogen) atoms. The predicted molar refractivity (Wildman–Crippen MR) is 161 cm³/mol. The molecule has 2 heterocycles. The zero-order valence-corrected chi connectivity index (χ0v) is 27.3. The number of ether oxygens (including phenoxy) is 2. The summed E-state index contributed by atoms with van der Waals surface area (Å²) in [6, 6.07) is 5.79. The third kappa shape index (κ3) is 8.15. The minimum Gasteiger partial charge on any atom is -0.496 e. The summed E-state index contributed by atoms with van der Waals surface area (Å²) in [7, 11) is 1.15. The molecule has 0 radical (unpaired) electrons. The fourth-order valence-corrected chi connectivity index (χ4v) is 5.90. The van der Waals surface area contributed by atoms with E-state index in [1.165, 1.54) is 6.07 Å². The van der Waals surface area contributed by atoms with E-state index in [2.05, 4.69) is 4.98 Å². The summed E-state index contributed by atoms with van der Waals surface area (Å²) in [4.78, 5) is 16.8. The van der Waals surface area contributed by atoms with Gasteiger partial charge in [0.2, 0.25) is 0 Å². The van der Waals surface area contributed by atoms with Crippen molar-refractivity contribution in [3.05, 3.63) is 117 Å². The highest BCUT2D eigenvalue weighted by Gasteiger charge is 2.47. The Morgan fingerprint density at radius 2 is 1.26 bits per heavy atom. The number of nitrogens with zero attached hydrogens (tertiary/aromatic N) is 2. The van der Waals surface area contributed by atoms with E-state index in [0.717, 1.165) is 31.4 Å². The fraction of sp³-hybridized carbons (Fsp3) is 0.314. The third-order valence-electron chi connectivity index (χ3n) is 8.43. The summed E-state index contributed by atoms with van der Waals surface area (Å²) in [6.07, 6.45) is -24.3. The molecule has 1 saturated heterocycles. The number of rotatable bonds is 7. The lowest BCUT2D eigenvalue weighted by Crippen LogP contribution is -2.28. The van der Waals surface area contributed by atoms with E-state index in [1.807, 2.05) is 0 Å². The summed E-state index contributed by atoms with van der Waals surface area (Å²) in [5.74, 6) is -1.30. The van der Waals surface area contributed by atoms with Gasteiger partial charge in [0.05, 0.1) is 24.8 Å². The van der Waals surface area contributed by atoms with Crippen LogP contribution in [0.15, 0.2) is 66.7 Å². The van der Waals surface area contributed by atoms with Gasteiger partial charge < -0.3 is 9.47 Å². The smallest absolute Gasteiger partial charge is 0.433 e. The molecule has 0 N–H and O–H groups in total. The molecule has 0 aliphatic carbocycles. The number of aromatic nitrogens is 1. The van der Waals surface area contributed by atoms with Gasteiger partial charge in [-0.25, -0.2) is 14.2 Å². The normalized spacial score (nSPS) is 17.1. The molecule has 1 aliphatic rings. The lowest BCUT2D eigenvalue weighted by molar-refractivity contribution is -0.150. The minimum atomic E-state index is -5.45. The Kier molecular flexibility index (Phi) is 10.2. The molecule has 5 nitrogen and oxygen atoms in total. The average Bonchev–Trinajstić information content (AvgIpc) is 3.38. The molecule has 4 aromatic rings. The molecule has 284 valence electrons. The first-order valence-corrected chi connectivity index (χ1v) is 15.3. The van der Waals surface area contributed by atoms with Gasteiger partial charge in [-0.05, 0) is 76.2 Å². The molecule has 1 aliphatic heterocycles. The van der Waals surface area contributed by atoms with Crippen LogP contribution in [0.2, 0.25) is 0 Å². The highest BCUT2D eigenvalue weighted by atomic mass is 19.4. The van der Waals surface area contributed by atoms with Gasteiger partial charge in [-0.15, -0.1) is 0 Å². The van der Waals surface area contributed by atoms with Crippen molar-refractivity contribution in [2.75, 3.05) is 7.11 Å². The number of carbonyl (C=O) groups is 1. The second-order valence-electron chi connectivity index (χ2n) is 12.3. The van der Waals surface area contributed by atoms with Crippen molar-refractivity contribution in [2.24, 2.45) is 0 Å². The first kappa shape index (κ1) is 39.2. The molecule has 1 amide bonds. The van der Waals surface area contributed by atoms with E-state index in [0.29, 0.717) is 29.2 Å². The Hall–Kier alpha value is -5.03. The average molecular weight is 769 g/mol. The summed E-state index contributed by atoms with van der Waals surface area (Å²) in [5, 5.41) is 0. The lowest BCUT2D eigenvalue weighted by atomic mass is 9.91. The van der Waals surface area contributed by atoms with Crippen LogP contribution in [0.3, 0.4) is 0 Å². The van der Waals surface area contributed by atoms with Gasteiger partial charge in [-0.2, -0.15) is 52.7 Å². The zero-order valence-electron chi connectivity index (χ0n) is 27.3. The van der Waals surface area contributed by atoms with Gasteiger partial charge in [-0.1, -0.05) is 32.0 Å². The molecule has 18 heteroatoms. The molecular formula is C35H25F13N2O3. The first-order chi connectivity index (χ1) is 24.4. The Morgan fingerprint density at radius 3 is 1.75 bits per heavy atom. The quantitative estimate of drug-likeness (QED) is 0.176. The maximum atomic E-state index is 14.9. The molecule has 0 saturated carbocycles. The molecule has 0 spiro atoms. The van der Waals surface area contributed by atoms with Crippen LogP contribution in [0.1, 0.15) is 76.7 Å². The highest BCUT2D eigenvalue weighted by Crippen LogP contribution is 2.48. The van der Waals surface area contributed by atoms with Crippen molar-refractivity contribution in [1.82, 2.24) is 9.88 Å². The van der Waals surface area contributed by atoms with Crippen LogP contribution >= 0.6 is 0 Å². The maximum absolute atomic E-state index is 14.9. The molecule has 1 fully saturated rings. The van der Waals surface area contributed by atoms with Gasteiger partial charge in [0, 0.05) is 11.6 Å². The van der Waals surface area contributed by atoms with Gasteiger partial charge in [0.15, 0.2) is 6.10 Å². The molecule has 0 unspecified atom stereocenters. The molecule has 3 aromatic carbocycles. The van der Waals surface area contributed by atoms with Crippen molar-refractivity contribution in [2.45, 2.75) is 63.2 Å². The van der Waals surface area contributed by atoms with E-state index >= 15 is 0 Å². The number of amides is 1. The monoisotopic (exact) mass is 768 g/mol. The van der Waals surface area contributed by atoms with Crippen LogP contribution in [-0.4, -0.2) is 23.1 Å². The number of halogens is 13. The lowest BCUT2D eigenvalue weighted by Gasteiger charge is -2.27. The Morgan fingerprint density at radius 1 is 0.717 bits per heavy atom. The zero-order chi connectivity index (χ0) is 39.4. The van der Waals surface area contributed by atoms with E-state index < -0.39 is 89.3 Å². The van der Waals surface area contributed by atoms with E-state index in [9.17, 15) is 61.9 Å². The molecule has 5 rings (SSSR count). The molecule has 1 aromatic heterocycles. The van der Waals surface area contributed by atoms with Crippen LogP contribution in [0.25, 0.3) is 11.1 Å². The fourth-order valence-electron chi connectivity index (χ4n) is 5.90. The van der Waals surface area contributed by atoms with Crippen molar-refractivity contribution in [1.29, 1.82) is 0 Å². The Bertz CT molecular complexity index is 1970. The number of cyclic esters (lactones) is 1. The second kappa shape index (κ2) is 13.7. The van der Waals surface area contributed by atoms with Crippen LogP contribution in [0, 0.1) is 5.82 Å². The Balaban J connectivity index is 1.74. The SMILES string of the molecule is COc1cc(F)c(C(C)C)cc1-c1ccc(C(F)(F)F)cc1CN1C(=O)O[C@H](c2cc(C(F)(F)F)nc(C(F)(F)F)c2)[C@@H]1c1ccc(C(F)(F)F)cc1. The number of hydrogen-bond acceptors (Lipinski definition) is 4. The van der Waals surface area contributed by atoms with Gasteiger partial charge in [-0.3, -0.25) is 4.90 Å². The molecular weight excluding hydrogens is 743 g/mol. The molecule has 0 bridgehead atoms. The van der Waals surface area contributed by atoms with Crippen molar-refractivity contribution >= 4 is 6.09 Å². The first-order valence-electron chi connectivity index (χ1n) is 15.3. The number of benzene rings is 3. The summed E-state index contributed by atoms with van der Waals surface area (Å²) < 4.78 is 191. The van der Waals surface area contributed by atoms with Crippen LogP contribution < -0.4 is 4.74 Å². The van der Waals surface area contributed by atoms with Gasteiger partial charge in [0.25, 0.3) is 0 Å². The second-order valence-corrected chi connectivity index (χ2v) is 12.3. The van der Waals surface area contributed by atoms with Crippen molar-refractivity contribution < 1.29 is 71.3 Å². The number of methoxy groups -OCH3 is 1. The molecule has 2 atom stereocenters. The van der Waals surface area contributed by atoms with E-state index in [4.69, 9.17) is 9.47 Å². The third-order valence-corrected chi connectivity index (χ3v) is 8.43. The van der Waals surface area contributed by atoms with E-state index in [-0.39, 0.29) is 45.7 Å². The largest absolute Gasteiger partial charge is 0.496 e. The summed E-state index contributed by atoms with van der Waals surface area (Å²) in [6.45, 7) is 2.37. The summed E-state index contributed by atoms with van der Waals surface area (Å²) in [5.41, 5.74) is -7.92. The minimum absolute atomic E-state index is 0.0512. The van der Waals surface area contributed by atoms with Crippen LogP contribution in [0.5, 0.6) is 5.75 Å². The summed E-state index contributed by atoms with van der Waals surface area (Å²) >= 11 is 0. The number of pyridine rings is 1. The maximum Gasteiger partial charge on any atom is 0.433 e. The number of hydrogen-bond donors (Lipinski definition) is 0. The van der Waals surface area contributed by atoms with Crippen LogP contribution in [0.4, 0.5) is 61.9 Å². The van der Waals surface area contributed by atoms with Gasteiger partial charge in [0.1, 0.15) is 29.0 Å². The Labute approximate surface area is 291 Å².